The zero-order chi connectivity index (χ0) is 20.5. The summed E-state index contributed by atoms with van der Waals surface area (Å²) in [5.41, 5.74) is 0.637. The van der Waals surface area contributed by atoms with Gasteiger partial charge < -0.3 is 19.0 Å². The predicted octanol–water partition coefficient (Wildman–Crippen LogP) is 2.57. The predicted molar refractivity (Wildman–Crippen MR) is 105 cm³/mol. The SMILES string of the molecule is COc1ccc(C(=O)C2CCN(C(=O)c3c(C)oc4nc[nH]c(=O)c34)CC2)cc1. The average Bonchev–Trinajstić information content (AvgIpc) is 3.10. The van der Waals surface area contributed by atoms with Crippen molar-refractivity contribution in [2.45, 2.75) is 19.8 Å². The van der Waals surface area contributed by atoms with Gasteiger partial charge in [-0.3, -0.25) is 14.4 Å². The van der Waals surface area contributed by atoms with Crippen LogP contribution in [-0.4, -0.2) is 46.8 Å². The number of benzene rings is 1. The van der Waals surface area contributed by atoms with Crippen molar-refractivity contribution in [1.82, 2.24) is 14.9 Å². The monoisotopic (exact) mass is 395 g/mol. The Bertz CT molecular complexity index is 1120. The van der Waals surface area contributed by atoms with Crippen LogP contribution in [0, 0.1) is 12.8 Å². The molecule has 8 heteroatoms. The highest BCUT2D eigenvalue weighted by Gasteiger charge is 2.31. The largest absolute Gasteiger partial charge is 0.497 e. The Morgan fingerprint density at radius 3 is 2.55 bits per heavy atom. The number of carbonyl (C=O) groups excluding carboxylic acids is 2. The lowest BCUT2D eigenvalue weighted by molar-refractivity contribution is 0.0650. The van der Waals surface area contributed by atoms with Crippen LogP contribution in [0.4, 0.5) is 0 Å². The second kappa shape index (κ2) is 7.54. The maximum atomic E-state index is 13.1. The van der Waals surface area contributed by atoms with E-state index in [1.54, 1.807) is 43.2 Å². The number of ether oxygens (including phenoxy) is 1. The van der Waals surface area contributed by atoms with Crippen molar-refractivity contribution in [2.24, 2.45) is 5.92 Å². The van der Waals surface area contributed by atoms with Gasteiger partial charge in [0, 0.05) is 24.6 Å². The van der Waals surface area contributed by atoms with Crippen molar-refractivity contribution in [3.63, 3.8) is 0 Å². The van der Waals surface area contributed by atoms with E-state index in [0.717, 1.165) is 0 Å². The van der Waals surface area contributed by atoms with E-state index in [-0.39, 0.29) is 34.3 Å². The summed E-state index contributed by atoms with van der Waals surface area (Å²) in [6.45, 7) is 2.53. The third kappa shape index (κ3) is 3.41. The Hall–Kier alpha value is -3.42. The van der Waals surface area contributed by atoms with Crippen molar-refractivity contribution >= 4 is 22.8 Å². The minimum absolute atomic E-state index is 0.0744. The van der Waals surface area contributed by atoms with Crippen LogP contribution < -0.4 is 10.3 Å². The van der Waals surface area contributed by atoms with Crippen LogP contribution in [0.2, 0.25) is 0 Å². The molecule has 1 aliphatic rings. The summed E-state index contributed by atoms with van der Waals surface area (Å²) in [4.78, 5) is 46.1. The molecule has 0 spiro atoms. The van der Waals surface area contributed by atoms with Crippen molar-refractivity contribution < 1.29 is 18.7 Å². The number of likely N-dealkylation sites (tertiary alicyclic amines) is 1. The third-order valence-corrected chi connectivity index (χ3v) is 5.41. The first-order valence-corrected chi connectivity index (χ1v) is 9.44. The number of H-pyrrole nitrogens is 1. The molecule has 1 saturated heterocycles. The molecule has 150 valence electrons. The number of hydrogen-bond donors (Lipinski definition) is 1. The highest BCUT2D eigenvalue weighted by atomic mass is 16.5. The summed E-state index contributed by atoms with van der Waals surface area (Å²) in [7, 11) is 1.58. The molecule has 1 aromatic carbocycles. The fraction of sp³-hybridized carbons (Fsp3) is 0.333. The second-order valence-electron chi connectivity index (χ2n) is 7.10. The lowest BCUT2D eigenvalue weighted by Crippen LogP contribution is -2.40. The first kappa shape index (κ1) is 18.9. The normalized spacial score (nSPS) is 14.9. The molecule has 0 atom stereocenters. The highest BCUT2D eigenvalue weighted by Crippen LogP contribution is 2.27. The maximum Gasteiger partial charge on any atom is 0.262 e. The van der Waals surface area contributed by atoms with Gasteiger partial charge in [-0.1, -0.05) is 0 Å². The van der Waals surface area contributed by atoms with E-state index in [4.69, 9.17) is 9.15 Å². The van der Waals surface area contributed by atoms with Crippen LogP contribution in [-0.2, 0) is 0 Å². The standard InChI is InChI=1S/C21H21N3O5/c1-12-16(17-19(26)22-11-23-20(17)29-12)21(27)24-9-7-14(8-10-24)18(25)13-3-5-15(28-2)6-4-13/h3-6,11,14H,7-10H2,1-2H3,(H,22,23,26). The van der Waals surface area contributed by atoms with Crippen molar-refractivity contribution in [1.29, 1.82) is 0 Å². The summed E-state index contributed by atoms with van der Waals surface area (Å²) in [5, 5.41) is 0.173. The smallest absolute Gasteiger partial charge is 0.262 e. The van der Waals surface area contributed by atoms with Crippen molar-refractivity contribution in [2.75, 3.05) is 20.2 Å². The molecule has 3 heterocycles. The Labute approximate surface area is 166 Å². The molecule has 4 rings (SSSR count). The zero-order valence-electron chi connectivity index (χ0n) is 16.2. The topological polar surface area (TPSA) is 106 Å². The lowest BCUT2D eigenvalue weighted by atomic mass is 9.88. The summed E-state index contributed by atoms with van der Waals surface area (Å²) < 4.78 is 10.6. The van der Waals surface area contributed by atoms with E-state index in [9.17, 15) is 14.4 Å². The van der Waals surface area contributed by atoms with Gasteiger partial charge in [-0.2, -0.15) is 0 Å². The highest BCUT2D eigenvalue weighted by molar-refractivity contribution is 6.06. The number of furan rings is 1. The van der Waals surface area contributed by atoms with E-state index < -0.39 is 5.56 Å². The van der Waals surface area contributed by atoms with Gasteiger partial charge in [0.25, 0.3) is 11.5 Å². The fourth-order valence-corrected chi connectivity index (χ4v) is 3.80. The number of aryl methyl sites for hydroxylation is 1. The minimum atomic E-state index is -0.403. The van der Waals surface area contributed by atoms with Gasteiger partial charge in [-0.15, -0.1) is 0 Å². The van der Waals surface area contributed by atoms with Crippen LogP contribution in [0.25, 0.3) is 11.1 Å². The molecular weight excluding hydrogens is 374 g/mol. The summed E-state index contributed by atoms with van der Waals surface area (Å²) in [6.07, 6.45) is 2.39. The molecule has 29 heavy (non-hydrogen) atoms. The van der Waals surface area contributed by atoms with Crippen LogP contribution >= 0.6 is 0 Å². The van der Waals surface area contributed by atoms with E-state index in [2.05, 4.69) is 9.97 Å². The number of amides is 1. The zero-order valence-corrected chi connectivity index (χ0v) is 16.2. The van der Waals surface area contributed by atoms with Gasteiger partial charge >= 0.3 is 0 Å². The number of rotatable bonds is 4. The molecule has 0 saturated carbocycles. The van der Waals surface area contributed by atoms with Crippen LogP contribution in [0.1, 0.15) is 39.3 Å². The van der Waals surface area contributed by atoms with Gasteiger partial charge in [0.1, 0.15) is 16.9 Å². The lowest BCUT2D eigenvalue weighted by Gasteiger charge is -2.31. The second-order valence-corrected chi connectivity index (χ2v) is 7.10. The molecule has 0 radical (unpaired) electrons. The fourth-order valence-electron chi connectivity index (χ4n) is 3.80. The van der Waals surface area contributed by atoms with E-state index >= 15 is 0 Å². The van der Waals surface area contributed by atoms with Gasteiger partial charge in [0.2, 0.25) is 5.71 Å². The van der Waals surface area contributed by atoms with Crippen molar-refractivity contribution in [3.8, 4) is 5.75 Å². The molecule has 8 nitrogen and oxygen atoms in total. The Morgan fingerprint density at radius 1 is 1.21 bits per heavy atom. The number of piperidine rings is 1. The molecule has 1 N–H and O–H groups in total. The molecule has 2 aromatic heterocycles. The molecule has 3 aromatic rings. The summed E-state index contributed by atoms with van der Waals surface area (Å²) in [6, 6.07) is 7.06. The third-order valence-electron chi connectivity index (χ3n) is 5.41. The van der Waals surface area contributed by atoms with E-state index in [1.165, 1.54) is 6.33 Å². The number of ketones is 1. The van der Waals surface area contributed by atoms with Crippen molar-refractivity contribution in [3.05, 3.63) is 57.8 Å². The quantitative estimate of drug-likeness (QED) is 0.681. The molecule has 0 bridgehead atoms. The molecular formula is C21H21N3O5. The number of aromatic nitrogens is 2. The van der Waals surface area contributed by atoms with Crippen LogP contribution in [0.3, 0.4) is 0 Å². The number of Topliss-reactive ketones (excluding diaryl/α,β-unsaturated/α-hetero) is 1. The Balaban J connectivity index is 1.48. The summed E-state index contributed by atoms with van der Waals surface area (Å²) in [5.74, 6) is 0.736. The first-order chi connectivity index (χ1) is 14.0. The first-order valence-electron chi connectivity index (χ1n) is 9.44. The van der Waals surface area contributed by atoms with E-state index in [1.807, 2.05) is 0 Å². The van der Waals surface area contributed by atoms with Gasteiger partial charge in [0.15, 0.2) is 5.78 Å². The van der Waals surface area contributed by atoms with Crippen LogP contribution in [0.15, 0.2) is 39.8 Å². The average molecular weight is 395 g/mol. The summed E-state index contributed by atoms with van der Waals surface area (Å²) >= 11 is 0. The number of methoxy groups -OCH3 is 1. The van der Waals surface area contributed by atoms with E-state index in [0.29, 0.717) is 43.0 Å². The van der Waals surface area contributed by atoms with Gasteiger partial charge in [-0.25, -0.2) is 4.98 Å². The van der Waals surface area contributed by atoms with Crippen LogP contribution in [0.5, 0.6) is 5.75 Å². The molecule has 1 aliphatic heterocycles. The molecule has 1 fully saturated rings. The maximum absolute atomic E-state index is 13.1. The van der Waals surface area contributed by atoms with Gasteiger partial charge in [-0.05, 0) is 44.0 Å². The Kier molecular flexibility index (Phi) is 4.92. The molecule has 0 unspecified atom stereocenters. The number of hydrogen-bond acceptors (Lipinski definition) is 6. The minimum Gasteiger partial charge on any atom is -0.497 e. The number of aromatic amines is 1. The molecule has 1 amide bonds. The number of carbonyl (C=O) groups is 2. The number of fused-ring (bicyclic) bond motifs is 1. The Morgan fingerprint density at radius 2 is 1.90 bits per heavy atom. The number of nitrogens with zero attached hydrogens (tertiary/aromatic N) is 2. The molecule has 0 aliphatic carbocycles. The van der Waals surface area contributed by atoms with Gasteiger partial charge in [0.05, 0.1) is 19.0 Å². The number of nitrogens with one attached hydrogen (secondary N) is 1.